The zero-order chi connectivity index (χ0) is 17.6. The van der Waals surface area contributed by atoms with E-state index in [4.69, 9.17) is 0 Å². The van der Waals surface area contributed by atoms with E-state index in [1.165, 1.54) is 0 Å². The van der Waals surface area contributed by atoms with Gasteiger partial charge in [-0.1, -0.05) is 36.4 Å². The minimum atomic E-state index is -4.35. The molecule has 0 aromatic heterocycles. The van der Waals surface area contributed by atoms with Gasteiger partial charge in [-0.15, -0.1) is 0 Å². The summed E-state index contributed by atoms with van der Waals surface area (Å²) in [6.07, 6.45) is -4.35. The molecule has 24 heavy (non-hydrogen) atoms. The van der Waals surface area contributed by atoms with Gasteiger partial charge in [-0.3, -0.25) is 0 Å². The Labute approximate surface area is 138 Å². The first kappa shape index (κ1) is 18.1. The van der Waals surface area contributed by atoms with Gasteiger partial charge >= 0.3 is 12.2 Å². The third-order valence-corrected chi connectivity index (χ3v) is 3.42. The minimum Gasteiger partial charge on any atom is -0.370 e. The molecule has 0 spiro atoms. The number of rotatable bonds is 6. The summed E-state index contributed by atoms with van der Waals surface area (Å²) in [7, 11) is 0. The summed E-state index contributed by atoms with van der Waals surface area (Å²) in [6.45, 7) is 0.331. The maximum atomic E-state index is 11.9. The number of nitrogens with one attached hydrogen (secondary N) is 2. The van der Waals surface area contributed by atoms with Crippen molar-refractivity contribution in [2.24, 2.45) is 0 Å². The number of carbonyl (C=O) groups excluding carboxylic acids is 1. The van der Waals surface area contributed by atoms with Crippen LogP contribution >= 0.6 is 0 Å². The zero-order valence-electron chi connectivity index (χ0n) is 13.2. The number of halogens is 3. The molecule has 2 aromatic carbocycles. The van der Waals surface area contributed by atoms with E-state index in [9.17, 15) is 18.0 Å². The van der Waals surface area contributed by atoms with Gasteiger partial charge in [0.25, 0.3) is 0 Å². The number of alkyl halides is 3. The summed E-state index contributed by atoms with van der Waals surface area (Å²) >= 11 is 0. The van der Waals surface area contributed by atoms with Crippen LogP contribution in [0.2, 0.25) is 0 Å². The van der Waals surface area contributed by atoms with Gasteiger partial charge in [0, 0.05) is 6.54 Å². The van der Waals surface area contributed by atoms with Gasteiger partial charge in [-0.2, -0.15) is 13.2 Å². The Bertz CT molecular complexity index is 689. The standard InChI is InChI=1S/C17H19F3N2O2/c1-12(14-7-6-13-4-2-3-5-15(13)10-14)22-16(23)21-8-9-24-11-17(18,19)20/h2-7,10,12H,8-9,11H2,1H3,(H2,21,22,23). The third kappa shape index (κ3) is 5.73. The second kappa shape index (κ2) is 8.01. The molecule has 0 fully saturated rings. The fourth-order valence-electron chi connectivity index (χ4n) is 2.23. The minimum absolute atomic E-state index is 0.00630. The van der Waals surface area contributed by atoms with Crippen molar-refractivity contribution in [1.29, 1.82) is 0 Å². The van der Waals surface area contributed by atoms with Crippen LogP contribution in [0.1, 0.15) is 18.5 Å². The van der Waals surface area contributed by atoms with Crippen molar-refractivity contribution in [2.45, 2.75) is 19.1 Å². The highest BCUT2D eigenvalue weighted by molar-refractivity contribution is 5.83. The van der Waals surface area contributed by atoms with E-state index < -0.39 is 18.8 Å². The SMILES string of the molecule is CC(NC(=O)NCCOCC(F)(F)F)c1ccc2ccccc2c1. The Morgan fingerprint density at radius 3 is 2.58 bits per heavy atom. The lowest BCUT2D eigenvalue weighted by Gasteiger charge is -2.16. The van der Waals surface area contributed by atoms with Gasteiger partial charge in [0.1, 0.15) is 6.61 Å². The summed E-state index contributed by atoms with van der Waals surface area (Å²) in [4.78, 5) is 11.8. The number of ether oxygens (including phenoxy) is 1. The van der Waals surface area contributed by atoms with Crippen molar-refractivity contribution in [3.8, 4) is 0 Å². The highest BCUT2D eigenvalue weighted by Gasteiger charge is 2.27. The fraction of sp³-hybridized carbons (Fsp3) is 0.353. The van der Waals surface area contributed by atoms with Crippen molar-refractivity contribution >= 4 is 16.8 Å². The van der Waals surface area contributed by atoms with Crippen LogP contribution in [0.4, 0.5) is 18.0 Å². The van der Waals surface area contributed by atoms with E-state index in [2.05, 4.69) is 15.4 Å². The van der Waals surface area contributed by atoms with Crippen molar-refractivity contribution in [3.63, 3.8) is 0 Å². The van der Waals surface area contributed by atoms with Crippen LogP contribution in [0.5, 0.6) is 0 Å². The smallest absolute Gasteiger partial charge is 0.370 e. The topological polar surface area (TPSA) is 50.4 Å². The second-order valence-electron chi connectivity index (χ2n) is 5.40. The van der Waals surface area contributed by atoms with Crippen LogP contribution in [-0.2, 0) is 4.74 Å². The van der Waals surface area contributed by atoms with E-state index in [-0.39, 0.29) is 19.2 Å². The van der Waals surface area contributed by atoms with Crippen molar-refractivity contribution in [1.82, 2.24) is 10.6 Å². The average molecular weight is 340 g/mol. The molecule has 2 amide bonds. The van der Waals surface area contributed by atoms with Crippen LogP contribution < -0.4 is 10.6 Å². The lowest BCUT2D eigenvalue weighted by atomic mass is 10.0. The molecule has 0 aliphatic carbocycles. The van der Waals surface area contributed by atoms with Crippen LogP contribution in [0.3, 0.4) is 0 Å². The molecule has 2 rings (SSSR count). The van der Waals surface area contributed by atoms with E-state index in [0.29, 0.717) is 0 Å². The quantitative estimate of drug-likeness (QED) is 0.787. The number of urea groups is 1. The Hall–Kier alpha value is -2.28. The first-order valence-corrected chi connectivity index (χ1v) is 7.53. The van der Waals surface area contributed by atoms with Crippen LogP contribution in [0.25, 0.3) is 10.8 Å². The summed E-state index contributed by atoms with van der Waals surface area (Å²) in [6, 6.07) is 13.1. The number of benzene rings is 2. The number of amides is 2. The van der Waals surface area contributed by atoms with Crippen molar-refractivity contribution in [2.75, 3.05) is 19.8 Å². The summed E-state index contributed by atoms with van der Waals surface area (Å²) in [5.41, 5.74) is 0.942. The molecule has 0 aliphatic rings. The van der Waals surface area contributed by atoms with Crippen LogP contribution in [0.15, 0.2) is 42.5 Å². The van der Waals surface area contributed by atoms with Gasteiger partial charge in [0.15, 0.2) is 0 Å². The fourth-order valence-corrected chi connectivity index (χ4v) is 2.23. The summed E-state index contributed by atoms with van der Waals surface area (Å²) in [5, 5.41) is 7.39. The molecule has 2 N–H and O–H groups in total. The monoisotopic (exact) mass is 340 g/mol. The molecule has 0 saturated heterocycles. The van der Waals surface area contributed by atoms with Crippen LogP contribution in [0, 0.1) is 0 Å². The molecule has 0 saturated carbocycles. The molecule has 0 aliphatic heterocycles. The predicted octanol–water partition coefficient (Wildman–Crippen LogP) is 3.78. The van der Waals surface area contributed by atoms with E-state index >= 15 is 0 Å². The molecular weight excluding hydrogens is 321 g/mol. The van der Waals surface area contributed by atoms with Crippen molar-refractivity contribution in [3.05, 3.63) is 48.0 Å². The molecule has 7 heteroatoms. The summed E-state index contributed by atoms with van der Waals surface area (Å²) in [5.74, 6) is 0. The largest absolute Gasteiger partial charge is 0.411 e. The Morgan fingerprint density at radius 1 is 1.17 bits per heavy atom. The van der Waals surface area contributed by atoms with E-state index in [1.54, 1.807) is 0 Å². The van der Waals surface area contributed by atoms with Crippen molar-refractivity contribution < 1.29 is 22.7 Å². The lowest BCUT2D eigenvalue weighted by Crippen LogP contribution is -2.38. The number of hydrogen-bond donors (Lipinski definition) is 2. The normalized spacial score (nSPS) is 12.8. The van der Waals surface area contributed by atoms with Gasteiger partial charge in [0.05, 0.1) is 12.6 Å². The molecule has 1 atom stereocenters. The molecule has 0 bridgehead atoms. The number of fused-ring (bicyclic) bond motifs is 1. The molecule has 4 nitrogen and oxygen atoms in total. The molecule has 2 aromatic rings. The van der Waals surface area contributed by atoms with Gasteiger partial charge in [-0.25, -0.2) is 4.79 Å². The summed E-state index contributed by atoms with van der Waals surface area (Å²) < 4.78 is 40.1. The first-order chi connectivity index (χ1) is 11.3. The van der Waals surface area contributed by atoms with E-state index in [0.717, 1.165) is 16.3 Å². The molecule has 0 heterocycles. The van der Waals surface area contributed by atoms with Crippen LogP contribution in [-0.4, -0.2) is 32.0 Å². The highest BCUT2D eigenvalue weighted by Crippen LogP contribution is 2.20. The third-order valence-electron chi connectivity index (χ3n) is 3.42. The zero-order valence-corrected chi connectivity index (χ0v) is 13.2. The maximum Gasteiger partial charge on any atom is 0.411 e. The predicted molar refractivity (Wildman–Crippen MR) is 85.8 cm³/mol. The Morgan fingerprint density at radius 2 is 1.88 bits per heavy atom. The average Bonchev–Trinajstić information content (AvgIpc) is 2.53. The van der Waals surface area contributed by atoms with Gasteiger partial charge in [-0.05, 0) is 29.3 Å². The molecular formula is C17H19F3N2O2. The van der Waals surface area contributed by atoms with E-state index in [1.807, 2.05) is 49.4 Å². The Kier molecular flexibility index (Phi) is 6.03. The molecule has 0 radical (unpaired) electrons. The molecule has 1 unspecified atom stereocenters. The number of hydrogen-bond acceptors (Lipinski definition) is 2. The number of carbonyl (C=O) groups is 1. The highest BCUT2D eigenvalue weighted by atomic mass is 19.4. The Balaban J connectivity index is 1.78. The molecule has 130 valence electrons. The van der Waals surface area contributed by atoms with Gasteiger partial charge in [0.2, 0.25) is 0 Å². The lowest BCUT2D eigenvalue weighted by molar-refractivity contribution is -0.173. The second-order valence-corrected chi connectivity index (χ2v) is 5.40. The maximum absolute atomic E-state index is 11.9. The van der Waals surface area contributed by atoms with Gasteiger partial charge < -0.3 is 15.4 Å². The first-order valence-electron chi connectivity index (χ1n) is 7.53.